The number of hydrogen-bond donors (Lipinski definition) is 0. The van der Waals surface area contributed by atoms with Crippen molar-refractivity contribution in [3.63, 3.8) is 0 Å². The number of ether oxygens (including phenoxy) is 1. The van der Waals surface area contributed by atoms with E-state index in [0.717, 1.165) is 6.42 Å². The lowest BCUT2D eigenvalue weighted by atomic mass is 10.1. The number of halogens is 3. The summed E-state index contributed by atoms with van der Waals surface area (Å²) in [5.41, 5.74) is 0.583. The number of benzene rings is 1. The van der Waals surface area contributed by atoms with Crippen LogP contribution in [-0.4, -0.2) is 18.5 Å². The molecule has 0 aromatic heterocycles. The fraction of sp³-hybridized carbons (Fsp3) is 0.455. The first-order chi connectivity index (χ1) is 7.15. The third-order valence-corrected chi connectivity index (χ3v) is 3.19. The van der Waals surface area contributed by atoms with Gasteiger partial charge >= 0.3 is 0 Å². The molecule has 1 aromatic carbocycles. The maximum absolute atomic E-state index is 13.4. The average Bonchev–Trinajstić information content (AvgIpc) is 2.17. The summed E-state index contributed by atoms with van der Waals surface area (Å²) in [6.07, 6.45) is 1.42. The molecule has 0 aliphatic carbocycles. The molecule has 0 aliphatic rings. The Bertz CT molecular complexity index is 299. The van der Waals surface area contributed by atoms with E-state index >= 15 is 0 Å². The fourth-order valence-corrected chi connectivity index (χ4v) is 2.09. The van der Waals surface area contributed by atoms with Gasteiger partial charge in [0.2, 0.25) is 0 Å². The van der Waals surface area contributed by atoms with Crippen LogP contribution in [0.2, 0.25) is 5.02 Å². The third-order valence-electron chi connectivity index (χ3n) is 2.12. The molecule has 0 heterocycles. The molecule has 0 radical (unpaired) electrons. The van der Waals surface area contributed by atoms with E-state index < -0.39 is 0 Å². The summed E-state index contributed by atoms with van der Waals surface area (Å²) in [7, 11) is 1.64. The van der Waals surface area contributed by atoms with Crippen molar-refractivity contribution in [2.45, 2.75) is 17.7 Å². The van der Waals surface area contributed by atoms with Gasteiger partial charge in [0.25, 0.3) is 0 Å². The maximum atomic E-state index is 13.4. The van der Waals surface area contributed by atoms with Crippen LogP contribution in [0.25, 0.3) is 0 Å². The van der Waals surface area contributed by atoms with Crippen molar-refractivity contribution in [2.24, 2.45) is 0 Å². The molecule has 0 fully saturated rings. The highest BCUT2D eigenvalue weighted by Gasteiger charge is 2.09. The first kappa shape index (κ1) is 12.9. The van der Waals surface area contributed by atoms with Crippen LogP contribution in [0.1, 0.15) is 12.0 Å². The van der Waals surface area contributed by atoms with Crippen LogP contribution in [0.4, 0.5) is 4.39 Å². The predicted molar refractivity (Wildman–Crippen MR) is 64.3 cm³/mol. The molecule has 84 valence electrons. The Morgan fingerprint density at radius 3 is 2.87 bits per heavy atom. The summed E-state index contributed by atoms with van der Waals surface area (Å²) < 4.78 is 18.3. The van der Waals surface area contributed by atoms with E-state index in [1.807, 2.05) is 0 Å². The molecule has 1 unspecified atom stereocenters. The van der Waals surface area contributed by atoms with Gasteiger partial charge in [-0.1, -0.05) is 33.6 Å². The van der Waals surface area contributed by atoms with Crippen molar-refractivity contribution in [1.29, 1.82) is 0 Å². The molecule has 0 bridgehead atoms. The average molecular weight is 296 g/mol. The lowest BCUT2D eigenvalue weighted by molar-refractivity contribution is 0.198. The largest absolute Gasteiger partial charge is 0.384 e. The standard InChI is InChI=1S/C11H13BrClFO/c1-15-7-8(12)5-6-9-10(13)3-2-4-11(9)14/h2-4,8H,5-7H2,1H3. The van der Waals surface area contributed by atoms with E-state index in [1.165, 1.54) is 6.07 Å². The van der Waals surface area contributed by atoms with Gasteiger partial charge in [-0.3, -0.25) is 0 Å². The van der Waals surface area contributed by atoms with Crippen molar-refractivity contribution >= 4 is 27.5 Å². The first-order valence-corrected chi connectivity index (χ1v) is 6.00. The van der Waals surface area contributed by atoms with Crippen LogP contribution < -0.4 is 0 Å². The fourth-order valence-electron chi connectivity index (χ4n) is 1.34. The molecule has 0 saturated carbocycles. The van der Waals surface area contributed by atoms with Crippen LogP contribution in [0.5, 0.6) is 0 Å². The van der Waals surface area contributed by atoms with Gasteiger partial charge in [0.15, 0.2) is 0 Å². The van der Waals surface area contributed by atoms with E-state index in [4.69, 9.17) is 16.3 Å². The van der Waals surface area contributed by atoms with Gasteiger partial charge in [0.1, 0.15) is 5.82 Å². The summed E-state index contributed by atoms with van der Waals surface area (Å²) in [6.45, 7) is 0.617. The summed E-state index contributed by atoms with van der Waals surface area (Å²) in [6, 6.07) is 4.75. The second kappa shape index (κ2) is 6.46. The third kappa shape index (κ3) is 4.09. The highest BCUT2D eigenvalue weighted by molar-refractivity contribution is 9.09. The molecular weight excluding hydrogens is 282 g/mol. The number of methoxy groups -OCH3 is 1. The molecule has 0 amide bonds. The molecule has 1 atom stereocenters. The highest BCUT2D eigenvalue weighted by atomic mass is 79.9. The molecule has 0 aliphatic heterocycles. The molecule has 1 aromatic rings. The van der Waals surface area contributed by atoms with Gasteiger partial charge in [0, 0.05) is 22.5 Å². The minimum Gasteiger partial charge on any atom is -0.384 e. The SMILES string of the molecule is COCC(Br)CCc1c(F)cccc1Cl. The first-order valence-electron chi connectivity index (χ1n) is 4.71. The smallest absolute Gasteiger partial charge is 0.127 e. The van der Waals surface area contributed by atoms with Gasteiger partial charge in [-0.2, -0.15) is 0 Å². The van der Waals surface area contributed by atoms with Crippen molar-refractivity contribution in [3.05, 3.63) is 34.6 Å². The summed E-state index contributed by atoms with van der Waals surface area (Å²) in [4.78, 5) is 0.234. The van der Waals surface area contributed by atoms with Gasteiger partial charge in [0.05, 0.1) is 6.61 Å². The van der Waals surface area contributed by atoms with Gasteiger partial charge in [-0.25, -0.2) is 4.39 Å². The van der Waals surface area contributed by atoms with Crippen molar-refractivity contribution < 1.29 is 9.13 Å². The van der Waals surface area contributed by atoms with E-state index in [9.17, 15) is 4.39 Å². The predicted octanol–water partition coefficient (Wildman–Crippen LogP) is 3.82. The number of rotatable bonds is 5. The van der Waals surface area contributed by atoms with Crippen molar-refractivity contribution in [2.75, 3.05) is 13.7 Å². The zero-order valence-electron chi connectivity index (χ0n) is 8.47. The summed E-state index contributed by atoms with van der Waals surface area (Å²) in [5.74, 6) is -0.236. The lowest BCUT2D eigenvalue weighted by Crippen LogP contribution is -2.08. The molecule has 0 saturated heterocycles. The zero-order valence-corrected chi connectivity index (χ0v) is 10.8. The minimum absolute atomic E-state index is 0.234. The van der Waals surface area contributed by atoms with Crippen LogP contribution in [0, 0.1) is 5.82 Å². The number of alkyl halides is 1. The second-order valence-electron chi connectivity index (χ2n) is 3.29. The molecular formula is C11H13BrClFO. The minimum atomic E-state index is -0.236. The Labute approximate surface area is 103 Å². The maximum Gasteiger partial charge on any atom is 0.127 e. The van der Waals surface area contributed by atoms with Crippen LogP contribution in [0.15, 0.2) is 18.2 Å². The van der Waals surface area contributed by atoms with E-state index in [1.54, 1.807) is 19.2 Å². The van der Waals surface area contributed by atoms with Gasteiger partial charge in [-0.15, -0.1) is 0 Å². The van der Waals surface area contributed by atoms with Gasteiger partial charge < -0.3 is 4.74 Å². The summed E-state index contributed by atoms with van der Waals surface area (Å²) in [5, 5.41) is 0.493. The van der Waals surface area contributed by atoms with Crippen LogP contribution in [0.3, 0.4) is 0 Å². The quantitative estimate of drug-likeness (QED) is 0.750. The monoisotopic (exact) mass is 294 g/mol. The molecule has 15 heavy (non-hydrogen) atoms. The molecule has 0 N–H and O–H groups in total. The Morgan fingerprint density at radius 1 is 1.53 bits per heavy atom. The van der Waals surface area contributed by atoms with E-state index in [0.29, 0.717) is 23.6 Å². The highest BCUT2D eigenvalue weighted by Crippen LogP contribution is 2.22. The van der Waals surface area contributed by atoms with Crippen molar-refractivity contribution in [3.8, 4) is 0 Å². The Hall–Kier alpha value is -0.120. The van der Waals surface area contributed by atoms with E-state index in [-0.39, 0.29) is 10.6 Å². The number of hydrogen-bond acceptors (Lipinski definition) is 1. The molecule has 1 nitrogen and oxygen atoms in total. The Balaban J connectivity index is 2.57. The Morgan fingerprint density at radius 2 is 2.27 bits per heavy atom. The topological polar surface area (TPSA) is 9.23 Å². The molecule has 1 rings (SSSR count). The molecule has 4 heteroatoms. The second-order valence-corrected chi connectivity index (χ2v) is 4.99. The van der Waals surface area contributed by atoms with Gasteiger partial charge in [-0.05, 0) is 25.0 Å². The normalized spacial score (nSPS) is 12.8. The molecule has 0 spiro atoms. The lowest BCUT2D eigenvalue weighted by Gasteiger charge is -2.09. The van der Waals surface area contributed by atoms with Crippen molar-refractivity contribution in [1.82, 2.24) is 0 Å². The van der Waals surface area contributed by atoms with E-state index in [2.05, 4.69) is 15.9 Å². The zero-order chi connectivity index (χ0) is 11.3. The Kier molecular flexibility index (Phi) is 5.58. The van der Waals surface area contributed by atoms with Crippen LogP contribution in [-0.2, 0) is 11.2 Å². The summed E-state index contributed by atoms with van der Waals surface area (Å²) >= 11 is 9.36. The van der Waals surface area contributed by atoms with Crippen LogP contribution >= 0.6 is 27.5 Å².